The van der Waals surface area contributed by atoms with E-state index in [9.17, 15) is 0 Å². The average molecular weight is 342 g/mol. The molecule has 0 aliphatic carbocycles. The zero-order valence-corrected chi connectivity index (χ0v) is 14.6. The first-order valence-corrected chi connectivity index (χ1v) is 9.19. The fourth-order valence-corrected chi connectivity index (χ4v) is 4.35. The maximum absolute atomic E-state index is 5.64. The second-order valence-electron chi connectivity index (χ2n) is 5.92. The number of rotatable bonds is 2. The van der Waals surface area contributed by atoms with Crippen LogP contribution in [0.15, 0.2) is 41.8 Å². The Kier molecular flexibility index (Phi) is 3.83. The Labute approximate surface area is 145 Å². The molecule has 0 saturated carbocycles. The number of hydrogen-bond donors (Lipinski definition) is 2. The van der Waals surface area contributed by atoms with E-state index in [1.54, 1.807) is 11.3 Å². The zero-order chi connectivity index (χ0) is 15.8. The fraction of sp³-hybridized carbons (Fsp3) is 0.278. The minimum atomic E-state index is 0.273. The summed E-state index contributed by atoms with van der Waals surface area (Å²) in [6.07, 6.45) is 1.03. The van der Waals surface area contributed by atoms with Crippen molar-refractivity contribution in [3.63, 3.8) is 0 Å². The number of thiocarbonyl (C=S) groups is 1. The zero-order valence-electron chi connectivity index (χ0n) is 13.0. The number of nitrogens with one attached hydrogen (secondary N) is 2. The van der Waals surface area contributed by atoms with E-state index in [0.29, 0.717) is 0 Å². The molecular formula is C18H19N3S2. The second-order valence-corrected chi connectivity index (χ2v) is 7.34. The van der Waals surface area contributed by atoms with Crippen LogP contribution in [-0.2, 0) is 13.0 Å². The summed E-state index contributed by atoms with van der Waals surface area (Å²) in [4.78, 5) is 7.19. The van der Waals surface area contributed by atoms with Gasteiger partial charge in [0, 0.05) is 28.0 Å². The molecule has 0 saturated heterocycles. The summed E-state index contributed by atoms with van der Waals surface area (Å²) in [5, 5.41) is 7.70. The Morgan fingerprint density at radius 1 is 1.35 bits per heavy atom. The van der Waals surface area contributed by atoms with Crippen LogP contribution in [-0.4, -0.2) is 21.5 Å². The lowest BCUT2D eigenvalue weighted by Gasteiger charge is -2.35. The molecule has 118 valence electrons. The van der Waals surface area contributed by atoms with Gasteiger partial charge < -0.3 is 15.2 Å². The summed E-state index contributed by atoms with van der Waals surface area (Å²) in [6, 6.07) is 13.0. The Bertz CT molecular complexity index is 835. The molecule has 5 heteroatoms. The van der Waals surface area contributed by atoms with Gasteiger partial charge in [0.1, 0.15) is 0 Å². The van der Waals surface area contributed by atoms with Crippen LogP contribution in [0.25, 0.3) is 10.9 Å². The summed E-state index contributed by atoms with van der Waals surface area (Å²) in [6.45, 7) is 4.00. The Morgan fingerprint density at radius 2 is 2.22 bits per heavy atom. The molecule has 3 heterocycles. The molecule has 3 aromatic rings. The molecule has 0 radical (unpaired) electrons. The van der Waals surface area contributed by atoms with Crippen LogP contribution in [0.4, 0.5) is 0 Å². The molecule has 0 bridgehead atoms. The van der Waals surface area contributed by atoms with Crippen LogP contribution < -0.4 is 5.32 Å². The van der Waals surface area contributed by atoms with E-state index < -0.39 is 0 Å². The molecular weight excluding hydrogens is 322 g/mol. The lowest BCUT2D eigenvalue weighted by molar-refractivity contribution is 0.310. The lowest BCUT2D eigenvalue weighted by Crippen LogP contribution is -2.44. The van der Waals surface area contributed by atoms with Gasteiger partial charge in [0.05, 0.1) is 12.6 Å². The quantitative estimate of drug-likeness (QED) is 0.684. The first kappa shape index (κ1) is 14.7. The standard InChI is InChI=1S/C18H19N3S2/c1-12-17-15(14-6-2-3-7-16(14)20-17)8-9-21(12)18(22)19-11-13-5-4-10-23-13/h2-7,10,12,20H,8-9,11H2,1H3,(H,19,22)/t12-/m0/s1. The summed E-state index contributed by atoms with van der Waals surface area (Å²) in [7, 11) is 0. The third kappa shape index (κ3) is 2.64. The van der Waals surface area contributed by atoms with Crippen molar-refractivity contribution in [3.05, 3.63) is 57.9 Å². The molecule has 3 nitrogen and oxygen atoms in total. The Morgan fingerprint density at radius 3 is 3.04 bits per heavy atom. The number of H-pyrrole nitrogens is 1. The van der Waals surface area contributed by atoms with Gasteiger partial charge in [0.15, 0.2) is 5.11 Å². The van der Waals surface area contributed by atoms with Gasteiger partial charge in [-0.2, -0.15) is 0 Å². The van der Waals surface area contributed by atoms with Crippen molar-refractivity contribution >= 4 is 39.6 Å². The third-order valence-corrected chi connectivity index (χ3v) is 5.84. The maximum atomic E-state index is 5.64. The molecule has 0 spiro atoms. The van der Waals surface area contributed by atoms with Crippen LogP contribution in [0.5, 0.6) is 0 Å². The second kappa shape index (κ2) is 5.98. The molecule has 2 aromatic heterocycles. The van der Waals surface area contributed by atoms with Gasteiger partial charge in [-0.3, -0.25) is 0 Å². The summed E-state index contributed by atoms with van der Waals surface area (Å²) in [5.74, 6) is 0. The summed E-state index contributed by atoms with van der Waals surface area (Å²) < 4.78 is 0. The van der Waals surface area contributed by atoms with E-state index in [1.165, 1.54) is 27.0 Å². The number of benzene rings is 1. The first-order valence-electron chi connectivity index (χ1n) is 7.90. The van der Waals surface area contributed by atoms with Crippen LogP contribution in [0, 0.1) is 0 Å². The smallest absolute Gasteiger partial charge is 0.169 e. The monoisotopic (exact) mass is 341 g/mol. The summed E-state index contributed by atoms with van der Waals surface area (Å²) >= 11 is 7.40. The third-order valence-electron chi connectivity index (χ3n) is 4.59. The van der Waals surface area contributed by atoms with E-state index in [0.717, 1.165) is 24.6 Å². The molecule has 2 N–H and O–H groups in total. The molecule has 0 fully saturated rings. The molecule has 1 aromatic carbocycles. The Hall–Kier alpha value is -1.85. The van der Waals surface area contributed by atoms with Crippen molar-refractivity contribution in [3.8, 4) is 0 Å². The number of nitrogens with zero attached hydrogens (tertiary/aromatic N) is 1. The predicted octanol–water partition coefficient (Wildman–Crippen LogP) is 4.22. The topological polar surface area (TPSA) is 31.1 Å². The highest BCUT2D eigenvalue weighted by molar-refractivity contribution is 7.80. The molecule has 1 atom stereocenters. The molecule has 0 unspecified atom stereocenters. The average Bonchev–Trinajstić information content (AvgIpc) is 3.21. The summed E-state index contributed by atoms with van der Waals surface area (Å²) in [5.41, 5.74) is 3.98. The van der Waals surface area contributed by atoms with Gasteiger partial charge in [-0.05, 0) is 48.6 Å². The van der Waals surface area contributed by atoms with Crippen molar-refractivity contribution in [2.24, 2.45) is 0 Å². The minimum Gasteiger partial charge on any atom is -0.358 e. The van der Waals surface area contributed by atoms with Gasteiger partial charge in [-0.1, -0.05) is 24.3 Å². The molecule has 0 amide bonds. The minimum absolute atomic E-state index is 0.273. The van der Waals surface area contributed by atoms with Gasteiger partial charge in [-0.25, -0.2) is 0 Å². The molecule has 1 aliphatic heterocycles. The number of aromatic nitrogens is 1. The number of fused-ring (bicyclic) bond motifs is 3. The number of para-hydroxylation sites is 1. The van der Waals surface area contributed by atoms with E-state index in [-0.39, 0.29) is 6.04 Å². The fourth-order valence-electron chi connectivity index (χ4n) is 3.38. The molecule has 23 heavy (non-hydrogen) atoms. The van der Waals surface area contributed by atoms with Crippen molar-refractivity contribution in [1.82, 2.24) is 15.2 Å². The van der Waals surface area contributed by atoms with E-state index in [4.69, 9.17) is 12.2 Å². The SMILES string of the molecule is C[C@H]1c2[nH]c3ccccc3c2CCN1C(=S)NCc1cccs1. The maximum Gasteiger partial charge on any atom is 0.169 e. The van der Waals surface area contributed by atoms with Crippen molar-refractivity contribution in [2.75, 3.05) is 6.54 Å². The van der Waals surface area contributed by atoms with Crippen LogP contribution in [0.2, 0.25) is 0 Å². The van der Waals surface area contributed by atoms with Gasteiger partial charge in [0.25, 0.3) is 0 Å². The van der Waals surface area contributed by atoms with Crippen LogP contribution in [0.3, 0.4) is 0 Å². The first-order chi connectivity index (χ1) is 11.2. The molecule has 4 rings (SSSR count). The van der Waals surface area contributed by atoms with Gasteiger partial charge >= 0.3 is 0 Å². The highest BCUT2D eigenvalue weighted by Gasteiger charge is 2.28. The lowest BCUT2D eigenvalue weighted by atomic mass is 9.99. The predicted molar refractivity (Wildman–Crippen MR) is 101 cm³/mol. The van der Waals surface area contributed by atoms with E-state index >= 15 is 0 Å². The molecule has 1 aliphatic rings. The van der Waals surface area contributed by atoms with Crippen LogP contribution >= 0.6 is 23.6 Å². The highest BCUT2D eigenvalue weighted by atomic mass is 32.1. The van der Waals surface area contributed by atoms with E-state index in [1.807, 2.05) is 0 Å². The van der Waals surface area contributed by atoms with Crippen molar-refractivity contribution in [1.29, 1.82) is 0 Å². The van der Waals surface area contributed by atoms with Gasteiger partial charge in [0.2, 0.25) is 0 Å². The Balaban J connectivity index is 1.54. The number of aromatic amines is 1. The van der Waals surface area contributed by atoms with E-state index in [2.05, 4.69) is 63.9 Å². The highest BCUT2D eigenvalue weighted by Crippen LogP contribution is 2.34. The number of thiophene rings is 1. The van der Waals surface area contributed by atoms with Crippen molar-refractivity contribution < 1.29 is 0 Å². The largest absolute Gasteiger partial charge is 0.358 e. The van der Waals surface area contributed by atoms with Gasteiger partial charge in [-0.15, -0.1) is 11.3 Å². The van der Waals surface area contributed by atoms with Crippen molar-refractivity contribution in [2.45, 2.75) is 25.9 Å². The van der Waals surface area contributed by atoms with Crippen LogP contribution in [0.1, 0.15) is 29.1 Å². The normalized spacial score (nSPS) is 17.3. The number of hydrogen-bond acceptors (Lipinski definition) is 2.